The van der Waals surface area contributed by atoms with E-state index in [2.05, 4.69) is 0 Å². The van der Waals surface area contributed by atoms with Crippen molar-refractivity contribution in [2.75, 3.05) is 0 Å². The van der Waals surface area contributed by atoms with Crippen LogP contribution in [-0.4, -0.2) is 25.5 Å². The van der Waals surface area contributed by atoms with Crippen LogP contribution in [0.15, 0.2) is 29.2 Å². The van der Waals surface area contributed by atoms with Crippen LogP contribution in [0.4, 0.5) is 13.2 Å². The normalized spacial score (nSPS) is 15.3. The molecule has 0 bridgehead atoms. The molecule has 0 aliphatic carbocycles. The molecule has 1 aromatic rings. The minimum absolute atomic E-state index is 0.391. The lowest BCUT2D eigenvalue weighted by Crippen LogP contribution is -2.44. The maximum atomic E-state index is 12.6. The van der Waals surface area contributed by atoms with Gasteiger partial charge in [0.2, 0.25) is 10.0 Å². The number of carboxylic acids is 1. The van der Waals surface area contributed by atoms with E-state index in [4.69, 9.17) is 5.11 Å². The van der Waals surface area contributed by atoms with Gasteiger partial charge in [-0.15, -0.1) is 0 Å². The number of carbonyl (C=O) groups is 1. The summed E-state index contributed by atoms with van der Waals surface area (Å²) in [4.78, 5) is 10.5. The van der Waals surface area contributed by atoms with Gasteiger partial charge in [0.15, 0.2) is 0 Å². The second-order valence-electron chi connectivity index (χ2n) is 4.85. The van der Waals surface area contributed by atoms with Crippen molar-refractivity contribution >= 4 is 16.0 Å². The van der Waals surface area contributed by atoms with Gasteiger partial charge in [0.25, 0.3) is 0 Å². The van der Waals surface area contributed by atoms with Crippen LogP contribution in [0.2, 0.25) is 0 Å². The number of sulfonamides is 1. The Kier molecular flexibility index (Phi) is 5.58. The predicted octanol–water partition coefficient (Wildman–Crippen LogP) is 2.48. The van der Waals surface area contributed by atoms with E-state index in [1.807, 2.05) is 4.72 Å². The lowest BCUT2D eigenvalue weighted by molar-refractivity contribution is -0.140. The number of hydrogen-bond acceptors (Lipinski definition) is 3. The summed E-state index contributed by atoms with van der Waals surface area (Å²) in [6.07, 6.45) is -4.30. The zero-order valence-electron chi connectivity index (χ0n) is 11.9. The molecular formula is C13H16F3NO4S. The fourth-order valence-corrected chi connectivity index (χ4v) is 3.06. The fourth-order valence-electron chi connectivity index (χ4n) is 1.72. The third-order valence-electron chi connectivity index (χ3n) is 3.23. The monoisotopic (exact) mass is 339 g/mol. The first-order chi connectivity index (χ1) is 9.99. The SMILES string of the molecule is CCC(C)C(NS(=O)(=O)c1cccc(C(F)(F)F)c1)C(=O)O. The second-order valence-corrected chi connectivity index (χ2v) is 6.56. The minimum atomic E-state index is -4.69. The summed E-state index contributed by atoms with van der Waals surface area (Å²) in [6, 6.07) is 1.73. The molecule has 22 heavy (non-hydrogen) atoms. The standard InChI is InChI=1S/C13H16F3NO4S/c1-3-8(2)11(12(18)19)17-22(20,21)10-6-4-5-9(7-10)13(14,15)16/h4-8,11,17H,3H2,1-2H3,(H,18,19). The number of hydrogen-bond donors (Lipinski definition) is 2. The first-order valence-corrected chi connectivity index (χ1v) is 7.89. The van der Waals surface area contributed by atoms with E-state index in [0.29, 0.717) is 12.5 Å². The first kappa shape index (κ1) is 18.4. The van der Waals surface area contributed by atoms with Crippen molar-refractivity contribution in [3.8, 4) is 0 Å². The average Bonchev–Trinajstić information content (AvgIpc) is 2.43. The molecule has 0 saturated carbocycles. The largest absolute Gasteiger partial charge is 0.480 e. The zero-order chi connectivity index (χ0) is 17.1. The topological polar surface area (TPSA) is 83.5 Å². The Morgan fingerprint density at radius 3 is 2.41 bits per heavy atom. The molecule has 0 spiro atoms. The van der Waals surface area contributed by atoms with Crippen molar-refractivity contribution < 1.29 is 31.5 Å². The molecule has 0 fully saturated rings. The summed E-state index contributed by atoms with van der Waals surface area (Å²) in [5, 5.41) is 9.06. The third-order valence-corrected chi connectivity index (χ3v) is 4.67. The van der Waals surface area contributed by atoms with Gasteiger partial charge in [-0.1, -0.05) is 26.3 Å². The van der Waals surface area contributed by atoms with Crippen LogP contribution in [0, 0.1) is 5.92 Å². The Hall–Kier alpha value is -1.61. The number of nitrogens with one attached hydrogen (secondary N) is 1. The highest BCUT2D eigenvalue weighted by atomic mass is 32.2. The molecular weight excluding hydrogens is 323 g/mol. The van der Waals surface area contributed by atoms with Gasteiger partial charge in [-0.25, -0.2) is 8.42 Å². The molecule has 1 aromatic carbocycles. The summed E-state index contributed by atoms with van der Waals surface area (Å²) in [7, 11) is -4.37. The van der Waals surface area contributed by atoms with Crippen LogP contribution in [0.25, 0.3) is 0 Å². The maximum absolute atomic E-state index is 12.6. The molecule has 0 amide bonds. The number of alkyl halides is 3. The number of aliphatic carboxylic acids is 1. The summed E-state index contributed by atoms with van der Waals surface area (Å²) in [5.41, 5.74) is -1.12. The Labute approximate surface area is 126 Å². The second kappa shape index (κ2) is 6.66. The van der Waals surface area contributed by atoms with Gasteiger partial charge >= 0.3 is 12.1 Å². The van der Waals surface area contributed by atoms with E-state index < -0.39 is 44.6 Å². The predicted molar refractivity (Wildman–Crippen MR) is 72.6 cm³/mol. The maximum Gasteiger partial charge on any atom is 0.416 e. The lowest BCUT2D eigenvalue weighted by atomic mass is 10.0. The van der Waals surface area contributed by atoms with E-state index >= 15 is 0 Å². The van der Waals surface area contributed by atoms with Gasteiger partial charge in [-0.05, 0) is 24.1 Å². The Bertz CT molecular complexity index is 643. The van der Waals surface area contributed by atoms with Gasteiger partial charge < -0.3 is 5.11 Å². The molecule has 124 valence electrons. The highest BCUT2D eigenvalue weighted by Crippen LogP contribution is 2.30. The van der Waals surface area contributed by atoms with Crippen LogP contribution in [-0.2, 0) is 21.0 Å². The molecule has 9 heteroatoms. The van der Waals surface area contributed by atoms with Crippen molar-refractivity contribution in [3.63, 3.8) is 0 Å². The Morgan fingerprint density at radius 1 is 1.36 bits per heavy atom. The molecule has 2 N–H and O–H groups in total. The van der Waals surface area contributed by atoms with E-state index in [0.717, 1.165) is 18.2 Å². The van der Waals surface area contributed by atoms with Crippen molar-refractivity contribution in [3.05, 3.63) is 29.8 Å². The molecule has 0 aromatic heterocycles. The van der Waals surface area contributed by atoms with Gasteiger partial charge in [0, 0.05) is 0 Å². The quantitative estimate of drug-likeness (QED) is 0.834. The molecule has 0 heterocycles. The molecule has 0 aliphatic heterocycles. The van der Waals surface area contributed by atoms with Crippen LogP contribution in [0.5, 0.6) is 0 Å². The number of halogens is 3. The van der Waals surface area contributed by atoms with Gasteiger partial charge in [-0.3, -0.25) is 4.79 Å². The van der Waals surface area contributed by atoms with Crippen molar-refractivity contribution in [2.45, 2.75) is 37.4 Å². The minimum Gasteiger partial charge on any atom is -0.480 e. The molecule has 0 aliphatic rings. The van der Waals surface area contributed by atoms with Gasteiger partial charge in [-0.2, -0.15) is 17.9 Å². The summed E-state index contributed by atoms with van der Waals surface area (Å²) >= 11 is 0. The molecule has 0 radical (unpaired) electrons. The smallest absolute Gasteiger partial charge is 0.416 e. The van der Waals surface area contributed by atoms with Gasteiger partial charge in [0.05, 0.1) is 10.5 Å². The molecule has 5 nitrogen and oxygen atoms in total. The van der Waals surface area contributed by atoms with Crippen molar-refractivity contribution in [2.24, 2.45) is 5.92 Å². The molecule has 0 saturated heterocycles. The molecule has 1 rings (SSSR count). The van der Waals surface area contributed by atoms with Crippen LogP contribution in [0.1, 0.15) is 25.8 Å². The Morgan fingerprint density at radius 2 is 1.95 bits per heavy atom. The third kappa shape index (κ3) is 4.44. The fraction of sp³-hybridized carbons (Fsp3) is 0.462. The van der Waals surface area contributed by atoms with E-state index in [9.17, 15) is 26.4 Å². The highest BCUT2D eigenvalue weighted by Gasteiger charge is 2.33. The molecule has 2 atom stereocenters. The van der Waals surface area contributed by atoms with Crippen LogP contribution >= 0.6 is 0 Å². The number of benzene rings is 1. The number of rotatable bonds is 6. The van der Waals surface area contributed by atoms with E-state index in [1.54, 1.807) is 6.92 Å². The van der Waals surface area contributed by atoms with Crippen molar-refractivity contribution in [1.29, 1.82) is 0 Å². The number of carboxylic acid groups (broad SMARTS) is 1. The zero-order valence-corrected chi connectivity index (χ0v) is 12.7. The van der Waals surface area contributed by atoms with Crippen molar-refractivity contribution in [1.82, 2.24) is 4.72 Å². The first-order valence-electron chi connectivity index (χ1n) is 6.41. The van der Waals surface area contributed by atoms with Crippen LogP contribution in [0.3, 0.4) is 0 Å². The van der Waals surface area contributed by atoms with E-state index in [-0.39, 0.29) is 0 Å². The van der Waals surface area contributed by atoms with E-state index in [1.165, 1.54) is 6.92 Å². The lowest BCUT2D eigenvalue weighted by Gasteiger charge is -2.20. The van der Waals surface area contributed by atoms with Gasteiger partial charge in [0.1, 0.15) is 6.04 Å². The average molecular weight is 339 g/mol. The Balaban J connectivity index is 3.16. The summed E-state index contributed by atoms with van der Waals surface area (Å²) < 4.78 is 64.0. The summed E-state index contributed by atoms with van der Waals surface area (Å²) in [6.45, 7) is 3.21. The molecule has 2 unspecified atom stereocenters. The summed E-state index contributed by atoms with van der Waals surface area (Å²) in [5.74, 6) is -1.90. The highest BCUT2D eigenvalue weighted by molar-refractivity contribution is 7.89. The van der Waals surface area contributed by atoms with Crippen LogP contribution < -0.4 is 4.72 Å².